The molecule has 0 N–H and O–H groups in total. The Morgan fingerprint density at radius 1 is 1.12 bits per heavy atom. The first-order valence-corrected chi connectivity index (χ1v) is 10.9. The number of aromatic nitrogens is 3. The van der Waals surface area contributed by atoms with Crippen LogP contribution < -0.4 is 14.4 Å². The van der Waals surface area contributed by atoms with Gasteiger partial charge >= 0.3 is 0 Å². The zero-order valence-corrected chi connectivity index (χ0v) is 18.6. The number of carbonyl (C=O) groups is 1. The van der Waals surface area contributed by atoms with E-state index in [0.29, 0.717) is 28.7 Å². The van der Waals surface area contributed by atoms with E-state index in [2.05, 4.69) is 4.98 Å². The molecule has 0 aliphatic rings. The molecule has 166 valence electrons. The van der Waals surface area contributed by atoms with Crippen LogP contribution in [0, 0.1) is 5.82 Å². The van der Waals surface area contributed by atoms with Crippen molar-refractivity contribution >= 4 is 32.6 Å². The van der Waals surface area contributed by atoms with E-state index < -0.39 is 0 Å². The van der Waals surface area contributed by atoms with Crippen LogP contribution >= 0.6 is 11.3 Å². The molecule has 4 aromatic rings. The first-order valence-electron chi connectivity index (χ1n) is 10.1. The number of ether oxygens (including phenoxy) is 2. The zero-order valence-electron chi connectivity index (χ0n) is 17.8. The SMILES string of the molecule is COc1ccc(OC)c2sc(N(CCCn3ccnc3)C(=O)Cc3ccc(F)cc3)nc12. The molecule has 9 heteroatoms. The minimum Gasteiger partial charge on any atom is -0.495 e. The first kappa shape index (κ1) is 21.8. The summed E-state index contributed by atoms with van der Waals surface area (Å²) in [6, 6.07) is 9.60. The molecule has 0 fully saturated rings. The highest BCUT2D eigenvalue weighted by atomic mass is 32.1. The Labute approximate surface area is 189 Å². The highest BCUT2D eigenvalue weighted by Crippen LogP contribution is 2.40. The third-order valence-electron chi connectivity index (χ3n) is 5.06. The van der Waals surface area contributed by atoms with Crippen LogP contribution in [0.1, 0.15) is 12.0 Å². The summed E-state index contributed by atoms with van der Waals surface area (Å²) < 4.78 is 27.0. The molecular formula is C23H23FN4O3S. The number of anilines is 1. The van der Waals surface area contributed by atoms with Crippen molar-refractivity contribution in [3.8, 4) is 11.5 Å². The lowest BCUT2D eigenvalue weighted by atomic mass is 10.1. The van der Waals surface area contributed by atoms with Crippen LogP contribution in [-0.2, 0) is 17.8 Å². The average molecular weight is 455 g/mol. The number of amides is 1. The molecule has 4 rings (SSSR count). The summed E-state index contributed by atoms with van der Waals surface area (Å²) in [6.07, 6.45) is 6.23. The number of nitrogens with zero attached hydrogens (tertiary/aromatic N) is 4. The number of carbonyl (C=O) groups excluding carboxylic acids is 1. The molecule has 0 saturated carbocycles. The summed E-state index contributed by atoms with van der Waals surface area (Å²) in [7, 11) is 3.19. The lowest BCUT2D eigenvalue weighted by molar-refractivity contribution is -0.118. The lowest BCUT2D eigenvalue weighted by Crippen LogP contribution is -2.33. The molecule has 2 aromatic carbocycles. The van der Waals surface area contributed by atoms with Crippen LogP contribution in [-0.4, -0.2) is 41.2 Å². The van der Waals surface area contributed by atoms with Crippen molar-refractivity contribution < 1.29 is 18.7 Å². The number of fused-ring (bicyclic) bond motifs is 1. The molecular weight excluding hydrogens is 431 g/mol. The van der Waals surface area contributed by atoms with Gasteiger partial charge in [-0.25, -0.2) is 14.4 Å². The van der Waals surface area contributed by atoms with Gasteiger partial charge in [0.2, 0.25) is 5.91 Å². The normalized spacial score (nSPS) is 11.0. The number of thiazole rings is 1. The van der Waals surface area contributed by atoms with Crippen molar-refractivity contribution in [3.05, 3.63) is 66.5 Å². The molecule has 2 aromatic heterocycles. The van der Waals surface area contributed by atoms with Gasteiger partial charge in [0.1, 0.15) is 27.5 Å². The molecule has 0 aliphatic carbocycles. The quantitative estimate of drug-likeness (QED) is 0.377. The number of imidazole rings is 1. The predicted octanol–water partition coefficient (Wildman–Crippen LogP) is 4.32. The number of benzene rings is 2. The molecule has 1 amide bonds. The minimum absolute atomic E-state index is 0.112. The Kier molecular flexibility index (Phi) is 6.65. The van der Waals surface area contributed by atoms with Crippen LogP contribution in [0.2, 0.25) is 0 Å². The van der Waals surface area contributed by atoms with Crippen LogP contribution in [0.15, 0.2) is 55.1 Å². The van der Waals surface area contributed by atoms with Gasteiger partial charge in [-0.05, 0) is 36.2 Å². The number of hydrogen-bond acceptors (Lipinski definition) is 6. The van der Waals surface area contributed by atoms with E-state index in [0.717, 1.165) is 23.2 Å². The van der Waals surface area contributed by atoms with Crippen molar-refractivity contribution in [2.75, 3.05) is 25.7 Å². The fraction of sp³-hybridized carbons (Fsp3) is 0.261. The van der Waals surface area contributed by atoms with Crippen molar-refractivity contribution in [2.24, 2.45) is 0 Å². The summed E-state index contributed by atoms with van der Waals surface area (Å²) in [5.41, 5.74) is 1.40. The summed E-state index contributed by atoms with van der Waals surface area (Å²) in [6.45, 7) is 1.19. The Balaban J connectivity index is 1.64. The van der Waals surface area contributed by atoms with Crippen LogP contribution in [0.25, 0.3) is 10.2 Å². The maximum atomic E-state index is 13.3. The molecule has 7 nitrogen and oxygen atoms in total. The third-order valence-corrected chi connectivity index (χ3v) is 6.15. The average Bonchev–Trinajstić information content (AvgIpc) is 3.47. The van der Waals surface area contributed by atoms with E-state index in [1.165, 1.54) is 23.5 Å². The van der Waals surface area contributed by atoms with Gasteiger partial charge in [-0.2, -0.15) is 0 Å². The van der Waals surface area contributed by atoms with Crippen molar-refractivity contribution in [1.29, 1.82) is 0 Å². The molecule has 0 radical (unpaired) electrons. The minimum atomic E-state index is -0.330. The largest absolute Gasteiger partial charge is 0.495 e. The maximum Gasteiger partial charge on any atom is 0.233 e. The summed E-state index contributed by atoms with van der Waals surface area (Å²) in [4.78, 5) is 23.8. The van der Waals surface area contributed by atoms with E-state index in [1.807, 2.05) is 16.8 Å². The smallest absolute Gasteiger partial charge is 0.233 e. The second-order valence-corrected chi connectivity index (χ2v) is 8.12. The topological polar surface area (TPSA) is 69.5 Å². The first-order chi connectivity index (χ1) is 15.6. The molecule has 32 heavy (non-hydrogen) atoms. The van der Waals surface area contributed by atoms with Crippen LogP contribution in [0.3, 0.4) is 0 Å². The number of rotatable bonds is 9. The highest BCUT2D eigenvalue weighted by Gasteiger charge is 2.22. The summed E-state index contributed by atoms with van der Waals surface area (Å²) in [5, 5.41) is 0.570. The van der Waals surface area contributed by atoms with Gasteiger partial charge in [-0.3, -0.25) is 9.69 Å². The fourth-order valence-electron chi connectivity index (χ4n) is 3.42. The molecule has 0 atom stereocenters. The van der Waals surface area contributed by atoms with E-state index in [-0.39, 0.29) is 18.1 Å². The van der Waals surface area contributed by atoms with Crippen molar-refractivity contribution in [1.82, 2.24) is 14.5 Å². The van der Waals surface area contributed by atoms with Gasteiger partial charge in [-0.15, -0.1) is 0 Å². The predicted molar refractivity (Wildman–Crippen MR) is 122 cm³/mol. The second-order valence-electron chi connectivity index (χ2n) is 7.15. The van der Waals surface area contributed by atoms with E-state index in [9.17, 15) is 9.18 Å². The Morgan fingerprint density at radius 2 is 1.88 bits per heavy atom. The molecule has 0 aliphatic heterocycles. The van der Waals surface area contributed by atoms with E-state index in [1.54, 1.807) is 49.8 Å². The molecule has 0 spiro atoms. The Morgan fingerprint density at radius 3 is 2.56 bits per heavy atom. The summed E-state index contributed by atoms with van der Waals surface area (Å²) >= 11 is 1.39. The van der Waals surface area contributed by atoms with E-state index >= 15 is 0 Å². The second kappa shape index (κ2) is 9.78. The standard InChI is InChI=1S/C23H23FN4O3S/c1-30-18-8-9-19(31-2)22-21(18)26-23(32-22)28(12-3-11-27-13-10-25-15-27)20(29)14-16-4-6-17(24)7-5-16/h4-10,13,15H,3,11-12,14H2,1-2H3. The van der Waals surface area contributed by atoms with Crippen molar-refractivity contribution in [3.63, 3.8) is 0 Å². The highest BCUT2D eigenvalue weighted by molar-refractivity contribution is 7.22. The number of methoxy groups -OCH3 is 2. The van der Waals surface area contributed by atoms with Crippen molar-refractivity contribution in [2.45, 2.75) is 19.4 Å². The van der Waals surface area contributed by atoms with E-state index in [4.69, 9.17) is 14.5 Å². The van der Waals surface area contributed by atoms with Crippen LogP contribution in [0.5, 0.6) is 11.5 Å². The monoisotopic (exact) mass is 454 g/mol. The number of hydrogen-bond donors (Lipinski definition) is 0. The summed E-state index contributed by atoms with van der Waals surface area (Å²) in [5.74, 6) is 0.851. The Hall–Kier alpha value is -3.46. The fourth-order valence-corrected chi connectivity index (χ4v) is 4.54. The Bertz CT molecular complexity index is 1150. The molecule has 2 heterocycles. The van der Waals surface area contributed by atoms with Crippen LogP contribution in [0.4, 0.5) is 9.52 Å². The zero-order chi connectivity index (χ0) is 22.5. The van der Waals surface area contributed by atoms with Gasteiger partial charge in [0.25, 0.3) is 0 Å². The third kappa shape index (κ3) is 4.72. The van der Waals surface area contributed by atoms with Gasteiger partial charge in [0.15, 0.2) is 5.13 Å². The molecule has 0 unspecified atom stereocenters. The van der Waals surface area contributed by atoms with Gasteiger partial charge in [0, 0.05) is 25.5 Å². The molecule has 0 bridgehead atoms. The number of halogens is 1. The van der Waals surface area contributed by atoms with Gasteiger partial charge < -0.3 is 14.0 Å². The number of aryl methyl sites for hydroxylation is 1. The molecule has 0 saturated heterocycles. The van der Waals surface area contributed by atoms with Gasteiger partial charge in [-0.1, -0.05) is 23.5 Å². The lowest BCUT2D eigenvalue weighted by Gasteiger charge is -2.20. The van der Waals surface area contributed by atoms with Gasteiger partial charge in [0.05, 0.1) is 27.0 Å². The maximum absolute atomic E-state index is 13.3.